The summed E-state index contributed by atoms with van der Waals surface area (Å²) in [5.74, 6) is -1.08. The van der Waals surface area contributed by atoms with Gasteiger partial charge in [-0.05, 0) is 42.0 Å². The van der Waals surface area contributed by atoms with Crippen LogP contribution in [0.5, 0.6) is 11.8 Å². The molecule has 0 spiro atoms. The van der Waals surface area contributed by atoms with Gasteiger partial charge in [-0.1, -0.05) is 0 Å². The van der Waals surface area contributed by atoms with Gasteiger partial charge in [0, 0.05) is 36.5 Å². The molecular formula is C24H25FN8O5. The van der Waals surface area contributed by atoms with E-state index in [0.29, 0.717) is 16.8 Å². The van der Waals surface area contributed by atoms with Gasteiger partial charge in [0.05, 0.1) is 14.2 Å². The number of aliphatic carboxylic acids is 1. The number of carboxylic acid groups (broad SMARTS) is 1. The van der Waals surface area contributed by atoms with E-state index in [1.165, 1.54) is 32.5 Å². The van der Waals surface area contributed by atoms with E-state index in [0.717, 1.165) is 11.6 Å². The zero-order valence-corrected chi connectivity index (χ0v) is 20.6. The normalized spacial score (nSPS) is 11.1. The summed E-state index contributed by atoms with van der Waals surface area (Å²) < 4.78 is 25.7. The number of ether oxygens (including phenoxy) is 2. The Morgan fingerprint density at radius 2 is 1.79 bits per heavy atom. The Morgan fingerprint density at radius 3 is 2.32 bits per heavy atom. The number of hydrogen-bond acceptors (Lipinski definition) is 9. The van der Waals surface area contributed by atoms with Crippen molar-refractivity contribution >= 4 is 17.5 Å². The van der Waals surface area contributed by atoms with Crippen molar-refractivity contribution in [1.29, 1.82) is 5.41 Å². The van der Waals surface area contributed by atoms with E-state index in [1.54, 1.807) is 36.4 Å². The third-order valence-electron chi connectivity index (χ3n) is 4.91. The van der Waals surface area contributed by atoms with Crippen LogP contribution < -0.4 is 26.2 Å². The van der Waals surface area contributed by atoms with Crippen molar-refractivity contribution in [3.8, 4) is 17.6 Å². The number of nitrogen functional groups attached to an aromatic ring is 1. The number of aromatic nitrogens is 5. The first kappa shape index (κ1) is 27.3. The molecule has 0 aliphatic carbocycles. The second kappa shape index (κ2) is 12.1. The quantitative estimate of drug-likeness (QED) is 0.168. The van der Waals surface area contributed by atoms with E-state index in [4.69, 9.17) is 30.5 Å². The van der Waals surface area contributed by atoms with E-state index >= 15 is 0 Å². The second-order valence-corrected chi connectivity index (χ2v) is 7.61. The van der Waals surface area contributed by atoms with Crippen LogP contribution in [-0.2, 0) is 4.79 Å². The van der Waals surface area contributed by atoms with E-state index in [2.05, 4.69) is 25.4 Å². The number of nitrogens with zero attached hydrogens (tertiary/aromatic N) is 4. The Labute approximate surface area is 215 Å². The number of nitrogens with one attached hydrogen (secondary N) is 3. The Bertz CT molecular complexity index is 1460. The summed E-state index contributed by atoms with van der Waals surface area (Å²) in [6.07, 6.45) is 1.37. The van der Waals surface area contributed by atoms with Crippen LogP contribution in [0.25, 0.3) is 5.82 Å². The number of amidine groups is 1. The summed E-state index contributed by atoms with van der Waals surface area (Å²) in [6.45, 7) is 1.08. The number of carboxylic acids is 1. The number of benzene rings is 1. The van der Waals surface area contributed by atoms with Gasteiger partial charge in [-0.25, -0.2) is 14.2 Å². The maximum Gasteiger partial charge on any atom is 0.349 e. The van der Waals surface area contributed by atoms with Crippen molar-refractivity contribution in [2.75, 3.05) is 19.5 Å². The van der Waals surface area contributed by atoms with Gasteiger partial charge in [0.15, 0.2) is 17.5 Å². The lowest BCUT2D eigenvalue weighted by Crippen LogP contribution is -2.18. The number of hydrogen-bond donors (Lipinski definition) is 5. The summed E-state index contributed by atoms with van der Waals surface area (Å²) >= 11 is 0. The number of H-pyrrole nitrogens is 1. The topological polar surface area (TPSA) is 194 Å². The summed E-state index contributed by atoms with van der Waals surface area (Å²) in [5.41, 5.74) is 6.66. The van der Waals surface area contributed by atoms with Crippen LogP contribution in [0.3, 0.4) is 0 Å². The molecule has 3 aromatic heterocycles. The molecule has 0 radical (unpaired) electrons. The van der Waals surface area contributed by atoms with E-state index in [-0.39, 0.29) is 29.2 Å². The number of methoxy groups -OCH3 is 2. The SMILES string of the molecule is CC(=O)O.COc1cc([C@H](Nc2ccc(C(=N)N)cc2)c2nn(-c3ncccc3F)c(=O)[nH]2)cc(OC)n1. The maximum atomic E-state index is 14.3. The second-order valence-electron chi connectivity index (χ2n) is 7.61. The predicted molar refractivity (Wildman–Crippen MR) is 136 cm³/mol. The zero-order chi connectivity index (χ0) is 27.8. The van der Waals surface area contributed by atoms with Gasteiger partial charge in [0.1, 0.15) is 11.9 Å². The van der Waals surface area contributed by atoms with Gasteiger partial charge in [0.2, 0.25) is 11.8 Å². The summed E-state index contributed by atoms with van der Waals surface area (Å²) in [4.78, 5) is 32.4. The predicted octanol–water partition coefficient (Wildman–Crippen LogP) is 2.08. The molecule has 6 N–H and O–H groups in total. The Hall–Kier alpha value is -5.27. The first-order chi connectivity index (χ1) is 18.1. The summed E-state index contributed by atoms with van der Waals surface area (Å²) in [7, 11) is 2.93. The molecule has 0 saturated carbocycles. The van der Waals surface area contributed by atoms with E-state index in [1.807, 2.05) is 0 Å². The number of nitrogens with two attached hydrogens (primary N) is 1. The van der Waals surface area contributed by atoms with Gasteiger partial charge in [-0.3, -0.25) is 15.2 Å². The van der Waals surface area contributed by atoms with Crippen LogP contribution in [0, 0.1) is 11.2 Å². The maximum absolute atomic E-state index is 14.3. The molecule has 198 valence electrons. The Balaban J connectivity index is 0.000000934. The lowest BCUT2D eigenvalue weighted by atomic mass is 10.1. The van der Waals surface area contributed by atoms with Gasteiger partial charge in [0.25, 0.3) is 5.97 Å². The van der Waals surface area contributed by atoms with Crippen molar-refractivity contribution in [3.63, 3.8) is 0 Å². The number of halogens is 1. The molecular weight excluding hydrogens is 499 g/mol. The molecule has 4 rings (SSSR count). The van der Waals surface area contributed by atoms with Crippen molar-refractivity contribution in [3.05, 3.63) is 88.0 Å². The van der Waals surface area contributed by atoms with Crippen LogP contribution in [-0.4, -0.2) is 55.9 Å². The van der Waals surface area contributed by atoms with Crippen molar-refractivity contribution in [1.82, 2.24) is 24.7 Å². The molecule has 4 aromatic rings. The van der Waals surface area contributed by atoms with Crippen molar-refractivity contribution in [2.24, 2.45) is 5.73 Å². The third kappa shape index (κ3) is 6.69. The Kier molecular flexibility index (Phi) is 8.71. The smallest absolute Gasteiger partial charge is 0.349 e. The fourth-order valence-electron chi connectivity index (χ4n) is 3.25. The van der Waals surface area contributed by atoms with Crippen LogP contribution in [0.15, 0.2) is 59.5 Å². The van der Waals surface area contributed by atoms with Crippen molar-refractivity contribution in [2.45, 2.75) is 13.0 Å². The highest BCUT2D eigenvalue weighted by atomic mass is 19.1. The van der Waals surface area contributed by atoms with Gasteiger partial charge < -0.3 is 25.6 Å². The van der Waals surface area contributed by atoms with Crippen LogP contribution >= 0.6 is 0 Å². The van der Waals surface area contributed by atoms with Crippen LogP contribution in [0.2, 0.25) is 0 Å². The largest absolute Gasteiger partial charge is 0.481 e. The number of anilines is 1. The first-order valence-corrected chi connectivity index (χ1v) is 10.9. The summed E-state index contributed by atoms with van der Waals surface area (Å²) in [5, 5.41) is 22.6. The van der Waals surface area contributed by atoms with Gasteiger partial charge in [-0.2, -0.15) is 9.67 Å². The molecule has 38 heavy (non-hydrogen) atoms. The third-order valence-corrected chi connectivity index (χ3v) is 4.91. The average Bonchev–Trinajstić information content (AvgIpc) is 3.27. The number of carbonyl (C=O) groups is 1. The molecule has 0 saturated heterocycles. The van der Waals surface area contributed by atoms with Crippen molar-refractivity contribution < 1.29 is 23.8 Å². The van der Waals surface area contributed by atoms with Gasteiger partial charge >= 0.3 is 5.69 Å². The molecule has 0 bridgehead atoms. The minimum Gasteiger partial charge on any atom is -0.481 e. The highest BCUT2D eigenvalue weighted by Crippen LogP contribution is 2.29. The van der Waals surface area contributed by atoms with E-state index in [9.17, 15) is 9.18 Å². The number of pyridine rings is 2. The first-order valence-electron chi connectivity index (χ1n) is 10.9. The fraction of sp³-hybridized carbons (Fsp3) is 0.167. The lowest BCUT2D eigenvalue weighted by molar-refractivity contribution is -0.134. The van der Waals surface area contributed by atoms with Gasteiger partial charge in [-0.15, -0.1) is 5.10 Å². The highest BCUT2D eigenvalue weighted by molar-refractivity contribution is 5.95. The van der Waals surface area contributed by atoms with Crippen LogP contribution in [0.1, 0.15) is 29.9 Å². The Morgan fingerprint density at radius 1 is 1.18 bits per heavy atom. The number of rotatable bonds is 8. The highest BCUT2D eigenvalue weighted by Gasteiger charge is 2.23. The molecule has 0 aliphatic heterocycles. The average molecular weight is 525 g/mol. The molecule has 3 heterocycles. The molecule has 14 heteroatoms. The molecule has 0 unspecified atom stereocenters. The van der Waals surface area contributed by atoms with E-state index < -0.39 is 23.5 Å². The molecule has 0 aliphatic rings. The monoisotopic (exact) mass is 524 g/mol. The number of aromatic amines is 1. The fourth-order valence-corrected chi connectivity index (χ4v) is 3.25. The minimum atomic E-state index is -0.833. The standard InChI is InChI=1S/C22H21FN8O3.C2H4O2/c1-33-16-10-13(11-17(28-16)34-2)18(27-14-7-5-12(6-8-14)19(24)25)20-29-22(32)31(30-20)21-15(23)4-3-9-26-21;1-2(3)4/h3-11,18,27H,1-2H3,(H3,24,25)(H,29,30,32);1H3,(H,3,4)/t18-;/m0./s1. The molecule has 13 nitrogen and oxygen atoms in total. The molecule has 0 fully saturated rings. The molecule has 0 amide bonds. The molecule has 1 atom stereocenters. The van der Waals surface area contributed by atoms with Crippen LogP contribution in [0.4, 0.5) is 10.1 Å². The summed E-state index contributed by atoms with van der Waals surface area (Å²) in [6, 6.07) is 12.0. The minimum absolute atomic E-state index is 0.0628. The zero-order valence-electron chi connectivity index (χ0n) is 20.6. The molecule has 1 aromatic carbocycles. The lowest BCUT2D eigenvalue weighted by Gasteiger charge is -2.19.